The fourth-order valence-corrected chi connectivity index (χ4v) is 2.67. The number of hydrogen-bond donors (Lipinski definition) is 2. The number of ether oxygens (including phenoxy) is 1. The molecular weight excluding hydrogens is 268 g/mol. The highest BCUT2D eigenvalue weighted by Gasteiger charge is 2.27. The van der Waals surface area contributed by atoms with Gasteiger partial charge in [-0.05, 0) is 43.4 Å². The van der Waals surface area contributed by atoms with Crippen LogP contribution in [-0.4, -0.2) is 25.0 Å². The normalized spacial score (nSPS) is 20.9. The summed E-state index contributed by atoms with van der Waals surface area (Å²) in [6.45, 7) is 4.03. The van der Waals surface area contributed by atoms with E-state index in [0.29, 0.717) is 17.4 Å². The molecule has 5 heteroatoms. The van der Waals surface area contributed by atoms with Crippen molar-refractivity contribution in [3.63, 3.8) is 0 Å². The minimum absolute atomic E-state index is 0.100. The summed E-state index contributed by atoms with van der Waals surface area (Å²) >= 11 is 0. The van der Waals surface area contributed by atoms with Gasteiger partial charge in [-0.3, -0.25) is 9.59 Å². The van der Waals surface area contributed by atoms with Crippen molar-refractivity contribution in [3.05, 3.63) is 23.8 Å². The second-order valence-electron chi connectivity index (χ2n) is 5.65. The molecule has 21 heavy (non-hydrogen) atoms. The number of benzene rings is 1. The Morgan fingerprint density at radius 2 is 2.00 bits per heavy atom. The lowest BCUT2D eigenvalue weighted by Crippen LogP contribution is -2.42. The monoisotopic (exact) mass is 290 g/mol. The summed E-state index contributed by atoms with van der Waals surface area (Å²) in [6, 6.07) is 5.50. The fraction of sp³-hybridized carbons (Fsp3) is 0.500. The number of nitrogens with one attached hydrogen (secondary N) is 2. The molecule has 2 N–H and O–H groups in total. The van der Waals surface area contributed by atoms with E-state index in [1.54, 1.807) is 6.07 Å². The van der Waals surface area contributed by atoms with Gasteiger partial charge in [0.05, 0.1) is 12.8 Å². The van der Waals surface area contributed by atoms with Gasteiger partial charge < -0.3 is 15.4 Å². The minimum atomic E-state index is -0.656. The molecule has 0 saturated heterocycles. The Kier molecular flexibility index (Phi) is 4.83. The molecule has 0 unspecified atom stereocenters. The number of rotatable bonds is 3. The highest BCUT2D eigenvalue weighted by molar-refractivity contribution is 6.39. The molecule has 0 spiro atoms. The Morgan fingerprint density at radius 1 is 1.24 bits per heavy atom. The largest absolute Gasteiger partial charge is 0.495 e. The molecule has 2 atom stereocenters. The Morgan fingerprint density at radius 3 is 2.62 bits per heavy atom. The highest BCUT2D eigenvalue weighted by atomic mass is 16.5. The predicted octanol–water partition coefficient (Wildman–Crippen LogP) is 2.25. The Balaban J connectivity index is 1.99. The Labute approximate surface area is 125 Å². The zero-order valence-corrected chi connectivity index (χ0v) is 12.7. The van der Waals surface area contributed by atoms with Crippen molar-refractivity contribution in [1.29, 1.82) is 0 Å². The molecule has 0 radical (unpaired) electrons. The average molecular weight is 290 g/mol. The second-order valence-corrected chi connectivity index (χ2v) is 5.65. The van der Waals surface area contributed by atoms with E-state index in [0.717, 1.165) is 24.8 Å². The van der Waals surface area contributed by atoms with Crippen LogP contribution in [0.25, 0.3) is 0 Å². The van der Waals surface area contributed by atoms with Crippen molar-refractivity contribution in [3.8, 4) is 5.75 Å². The van der Waals surface area contributed by atoms with E-state index in [9.17, 15) is 9.59 Å². The third-order valence-corrected chi connectivity index (χ3v) is 3.99. The summed E-state index contributed by atoms with van der Waals surface area (Å²) in [6.07, 6.45) is 3.13. The standard InChI is InChI=1S/C16H22N2O3/c1-10-7-8-13(14(9-10)21-3)18-16(20)15(19)17-12-6-4-5-11(12)2/h7-9,11-12H,4-6H2,1-3H3,(H,17,19)(H,18,20)/t11-,12+/m1/s1. The van der Waals surface area contributed by atoms with Gasteiger partial charge in [0.25, 0.3) is 0 Å². The second kappa shape index (κ2) is 6.61. The van der Waals surface area contributed by atoms with Gasteiger partial charge in [0, 0.05) is 6.04 Å². The molecule has 0 aromatic heterocycles. The minimum Gasteiger partial charge on any atom is -0.495 e. The van der Waals surface area contributed by atoms with Crippen LogP contribution >= 0.6 is 0 Å². The van der Waals surface area contributed by atoms with Crippen LogP contribution < -0.4 is 15.4 Å². The van der Waals surface area contributed by atoms with E-state index in [4.69, 9.17) is 4.74 Å². The maximum Gasteiger partial charge on any atom is 0.313 e. The summed E-state index contributed by atoms with van der Waals surface area (Å²) < 4.78 is 5.21. The SMILES string of the molecule is COc1cc(C)ccc1NC(=O)C(=O)N[C@H]1CCC[C@H]1C. The maximum atomic E-state index is 12.0. The molecule has 0 heterocycles. The third kappa shape index (κ3) is 3.74. The van der Waals surface area contributed by atoms with Crippen molar-refractivity contribution < 1.29 is 14.3 Å². The quantitative estimate of drug-likeness (QED) is 0.839. The number of carbonyl (C=O) groups excluding carboxylic acids is 2. The van der Waals surface area contributed by atoms with E-state index in [1.165, 1.54) is 7.11 Å². The number of amides is 2. The van der Waals surface area contributed by atoms with Crippen molar-refractivity contribution in [2.45, 2.75) is 39.2 Å². The van der Waals surface area contributed by atoms with Crippen molar-refractivity contribution in [1.82, 2.24) is 5.32 Å². The van der Waals surface area contributed by atoms with E-state index in [1.807, 2.05) is 19.1 Å². The molecule has 5 nitrogen and oxygen atoms in total. The summed E-state index contributed by atoms with van der Waals surface area (Å²) in [4.78, 5) is 23.9. The molecule has 1 aliphatic rings. The van der Waals surface area contributed by atoms with Gasteiger partial charge in [-0.2, -0.15) is 0 Å². The molecule has 0 aliphatic heterocycles. The third-order valence-electron chi connectivity index (χ3n) is 3.99. The van der Waals surface area contributed by atoms with Gasteiger partial charge in [-0.1, -0.05) is 19.4 Å². The van der Waals surface area contributed by atoms with Crippen LogP contribution in [0.4, 0.5) is 5.69 Å². The van der Waals surface area contributed by atoms with Gasteiger partial charge in [0.15, 0.2) is 0 Å². The lowest BCUT2D eigenvalue weighted by Gasteiger charge is -2.17. The molecule has 1 aliphatic carbocycles. The summed E-state index contributed by atoms with van der Waals surface area (Å²) in [7, 11) is 1.53. The van der Waals surface area contributed by atoms with Gasteiger partial charge in [-0.15, -0.1) is 0 Å². The summed E-state index contributed by atoms with van der Waals surface area (Å²) in [5.41, 5.74) is 1.52. The molecule has 2 amide bonds. The van der Waals surface area contributed by atoms with Crippen LogP contribution in [-0.2, 0) is 9.59 Å². The molecule has 1 aromatic carbocycles. The van der Waals surface area contributed by atoms with Crippen molar-refractivity contribution in [2.75, 3.05) is 12.4 Å². The molecule has 0 bridgehead atoms. The van der Waals surface area contributed by atoms with Crippen LogP contribution in [0.2, 0.25) is 0 Å². The summed E-state index contributed by atoms with van der Waals surface area (Å²) in [5, 5.41) is 5.41. The number of hydrogen-bond acceptors (Lipinski definition) is 3. The predicted molar refractivity (Wildman–Crippen MR) is 81.3 cm³/mol. The van der Waals surface area contributed by atoms with E-state index in [2.05, 4.69) is 17.6 Å². The smallest absolute Gasteiger partial charge is 0.313 e. The highest BCUT2D eigenvalue weighted by Crippen LogP contribution is 2.26. The van der Waals surface area contributed by atoms with Crippen LogP contribution in [0, 0.1) is 12.8 Å². The van der Waals surface area contributed by atoms with Crippen LogP contribution in [0.1, 0.15) is 31.7 Å². The Bertz CT molecular complexity index is 542. The van der Waals surface area contributed by atoms with E-state index >= 15 is 0 Å². The number of anilines is 1. The molecular formula is C16H22N2O3. The number of methoxy groups -OCH3 is 1. The first-order chi connectivity index (χ1) is 10.0. The van der Waals surface area contributed by atoms with Gasteiger partial charge in [-0.25, -0.2) is 0 Å². The van der Waals surface area contributed by atoms with E-state index < -0.39 is 11.8 Å². The van der Waals surface area contributed by atoms with Gasteiger partial charge in [0.1, 0.15) is 5.75 Å². The lowest BCUT2D eigenvalue weighted by atomic mass is 10.1. The van der Waals surface area contributed by atoms with Crippen molar-refractivity contribution >= 4 is 17.5 Å². The molecule has 1 aromatic rings. The topological polar surface area (TPSA) is 67.4 Å². The molecule has 2 rings (SSSR count). The lowest BCUT2D eigenvalue weighted by molar-refractivity contribution is -0.136. The zero-order chi connectivity index (χ0) is 15.4. The zero-order valence-electron chi connectivity index (χ0n) is 12.7. The van der Waals surface area contributed by atoms with Gasteiger partial charge >= 0.3 is 11.8 Å². The van der Waals surface area contributed by atoms with E-state index in [-0.39, 0.29) is 6.04 Å². The average Bonchev–Trinajstić information content (AvgIpc) is 2.86. The van der Waals surface area contributed by atoms with Gasteiger partial charge in [0.2, 0.25) is 0 Å². The first-order valence-electron chi connectivity index (χ1n) is 7.27. The maximum absolute atomic E-state index is 12.0. The number of aryl methyl sites for hydroxylation is 1. The fourth-order valence-electron chi connectivity index (χ4n) is 2.67. The van der Waals surface area contributed by atoms with Crippen LogP contribution in [0.3, 0.4) is 0 Å². The summed E-state index contributed by atoms with van der Waals surface area (Å²) in [5.74, 6) is -0.270. The molecule has 1 saturated carbocycles. The van der Waals surface area contributed by atoms with Crippen LogP contribution in [0.15, 0.2) is 18.2 Å². The van der Waals surface area contributed by atoms with Crippen LogP contribution in [0.5, 0.6) is 5.75 Å². The molecule has 114 valence electrons. The van der Waals surface area contributed by atoms with Crippen molar-refractivity contribution in [2.24, 2.45) is 5.92 Å². The number of carbonyl (C=O) groups is 2. The molecule has 1 fully saturated rings. The first kappa shape index (κ1) is 15.4. The Hall–Kier alpha value is -2.04. The first-order valence-corrected chi connectivity index (χ1v) is 7.27.